The minimum Gasteiger partial charge on any atom is -0.481 e. The third-order valence-corrected chi connectivity index (χ3v) is 3.47. The van der Waals surface area contributed by atoms with Gasteiger partial charge >= 0.3 is 23.9 Å². The van der Waals surface area contributed by atoms with Gasteiger partial charge in [-0.3, -0.25) is 19.2 Å². The molecule has 0 aromatic heterocycles. The number of rotatable bonds is 11. The Kier molecular flexibility index (Phi) is 24.1. The summed E-state index contributed by atoms with van der Waals surface area (Å²) in [6, 6.07) is 7.80. The van der Waals surface area contributed by atoms with Crippen LogP contribution in [0, 0.1) is 0 Å². The van der Waals surface area contributed by atoms with E-state index in [9.17, 15) is 19.2 Å². The highest BCUT2D eigenvalue weighted by Crippen LogP contribution is 2.01. The highest BCUT2D eigenvalue weighted by atomic mass is 16.4. The Balaban J connectivity index is -0.000000395. The lowest BCUT2D eigenvalue weighted by Crippen LogP contribution is -2.32. The fraction of sp³-hybridized carbons (Fsp3) is 0.524. The summed E-state index contributed by atoms with van der Waals surface area (Å²) in [4.78, 5) is 39.7. The number of aliphatic hydroxyl groups excluding tert-OH is 2. The van der Waals surface area contributed by atoms with Gasteiger partial charge in [0.05, 0.1) is 25.6 Å². The van der Waals surface area contributed by atoms with Crippen molar-refractivity contribution in [1.82, 2.24) is 0 Å². The van der Waals surface area contributed by atoms with Crippen LogP contribution < -0.4 is 17.2 Å². The van der Waals surface area contributed by atoms with Gasteiger partial charge in [-0.25, -0.2) is 0 Å². The van der Waals surface area contributed by atoms with Crippen LogP contribution in [-0.4, -0.2) is 85.9 Å². The molecule has 0 radical (unpaired) electrons. The number of carboxylic acid groups (broad SMARTS) is 4. The Morgan fingerprint density at radius 2 is 1.26 bits per heavy atom. The first-order valence-corrected chi connectivity index (χ1v) is 10.2. The monoisotopic (exact) mass is 491 g/mol. The van der Waals surface area contributed by atoms with E-state index in [1.807, 2.05) is 30.3 Å². The van der Waals surface area contributed by atoms with E-state index in [2.05, 4.69) is 0 Å². The number of carboxylic acids is 4. The molecule has 0 saturated heterocycles. The van der Waals surface area contributed by atoms with Crippen LogP contribution in [0.2, 0.25) is 0 Å². The molecular weight excluding hydrogens is 454 g/mol. The van der Waals surface area contributed by atoms with Crippen molar-refractivity contribution in [2.75, 3.05) is 13.2 Å². The molecule has 13 nitrogen and oxygen atoms in total. The second-order valence-corrected chi connectivity index (χ2v) is 6.83. The lowest BCUT2D eigenvalue weighted by molar-refractivity contribution is -0.143. The molecular formula is C21H37N3O10. The Morgan fingerprint density at radius 1 is 0.853 bits per heavy atom. The zero-order valence-corrected chi connectivity index (χ0v) is 19.1. The van der Waals surface area contributed by atoms with Gasteiger partial charge in [0, 0.05) is 0 Å². The molecule has 1 aromatic carbocycles. The molecule has 1 aromatic rings. The van der Waals surface area contributed by atoms with Crippen LogP contribution >= 0.6 is 0 Å². The first kappa shape index (κ1) is 35.5. The van der Waals surface area contributed by atoms with Gasteiger partial charge in [0.2, 0.25) is 0 Å². The molecule has 0 bridgehead atoms. The van der Waals surface area contributed by atoms with E-state index in [1.54, 1.807) is 0 Å². The van der Waals surface area contributed by atoms with Crippen molar-refractivity contribution >= 4 is 23.9 Å². The van der Waals surface area contributed by atoms with Crippen LogP contribution in [0.3, 0.4) is 0 Å². The molecule has 1 rings (SSSR count). The predicted octanol–water partition coefficient (Wildman–Crippen LogP) is -0.926. The fourth-order valence-electron chi connectivity index (χ4n) is 1.63. The van der Waals surface area contributed by atoms with Crippen LogP contribution in [0.5, 0.6) is 0 Å². The standard InChI is InChI=1S/C9H11NO2.C5H12N2O2.C4H6O4.C3H8O2/c10-8(9(11)12)6-7-4-2-1-3-5-7;6-3-1-2-4(7)5(8)9;5-3(6)1-2-4(7)8;1-3(5)2-4/h1-5,8H,6,10H2,(H,11,12);4H,1-3,6-7H2,(H,8,9);1-2H2,(H,5,6)(H,7,8);3-5H,2H2,1H3/t8-;4-;;/m00../s1. The molecule has 0 heterocycles. The van der Waals surface area contributed by atoms with E-state index in [-0.39, 0.29) is 19.4 Å². The first-order valence-electron chi connectivity index (χ1n) is 10.2. The molecule has 0 saturated carbocycles. The third kappa shape index (κ3) is 28.9. The van der Waals surface area contributed by atoms with Crippen molar-refractivity contribution in [1.29, 1.82) is 0 Å². The Bertz CT molecular complexity index is 673. The lowest BCUT2D eigenvalue weighted by Gasteiger charge is -2.04. The van der Waals surface area contributed by atoms with Gasteiger partial charge in [0.15, 0.2) is 0 Å². The fourth-order valence-corrected chi connectivity index (χ4v) is 1.63. The molecule has 34 heavy (non-hydrogen) atoms. The number of carbonyl (C=O) groups is 4. The normalized spacial score (nSPS) is 12.1. The zero-order valence-electron chi connectivity index (χ0n) is 19.1. The van der Waals surface area contributed by atoms with Crippen LogP contribution in [0.25, 0.3) is 0 Å². The minimum atomic E-state index is -1.08. The molecule has 196 valence electrons. The van der Waals surface area contributed by atoms with Gasteiger partial charge in [0.1, 0.15) is 12.1 Å². The van der Waals surface area contributed by atoms with Crippen LogP contribution in [0.4, 0.5) is 0 Å². The van der Waals surface area contributed by atoms with Gasteiger partial charge in [-0.15, -0.1) is 0 Å². The topological polar surface area (TPSA) is 268 Å². The molecule has 0 amide bonds. The molecule has 0 spiro atoms. The zero-order chi connectivity index (χ0) is 27.1. The molecule has 0 aliphatic rings. The van der Waals surface area contributed by atoms with E-state index >= 15 is 0 Å². The van der Waals surface area contributed by atoms with Gasteiger partial charge in [-0.1, -0.05) is 30.3 Å². The van der Waals surface area contributed by atoms with Crippen molar-refractivity contribution in [3.63, 3.8) is 0 Å². The summed E-state index contributed by atoms with van der Waals surface area (Å²) < 4.78 is 0. The van der Waals surface area contributed by atoms with E-state index in [0.29, 0.717) is 25.8 Å². The molecule has 0 aliphatic heterocycles. The Hall–Kier alpha value is -3.10. The Morgan fingerprint density at radius 3 is 1.56 bits per heavy atom. The summed E-state index contributed by atoms with van der Waals surface area (Å²) in [6.07, 6.45) is 0.371. The van der Waals surface area contributed by atoms with Gasteiger partial charge in [-0.05, 0) is 38.3 Å². The second-order valence-electron chi connectivity index (χ2n) is 6.83. The van der Waals surface area contributed by atoms with Crippen molar-refractivity contribution in [2.24, 2.45) is 17.2 Å². The number of benzene rings is 1. The summed E-state index contributed by atoms with van der Waals surface area (Å²) in [5.74, 6) is -4.07. The van der Waals surface area contributed by atoms with Gasteiger partial charge in [-0.2, -0.15) is 0 Å². The smallest absolute Gasteiger partial charge is 0.320 e. The summed E-state index contributed by atoms with van der Waals surface area (Å²) in [6.45, 7) is 1.89. The number of aliphatic hydroxyl groups is 2. The maximum absolute atomic E-state index is 10.4. The molecule has 0 aliphatic carbocycles. The predicted molar refractivity (Wildman–Crippen MR) is 123 cm³/mol. The SMILES string of the molecule is CC(O)CO.NCCC[C@H](N)C(=O)O.N[C@@H](Cc1ccccc1)C(=O)O.O=C(O)CCC(=O)O. The van der Waals surface area contributed by atoms with E-state index in [4.69, 9.17) is 47.8 Å². The summed E-state index contributed by atoms with van der Waals surface area (Å²) in [7, 11) is 0. The molecule has 13 heteroatoms. The summed E-state index contributed by atoms with van der Waals surface area (Å²) in [5.41, 5.74) is 16.6. The maximum Gasteiger partial charge on any atom is 0.320 e. The molecule has 12 N–H and O–H groups in total. The lowest BCUT2D eigenvalue weighted by atomic mass is 10.1. The highest BCUT2D eigenvalue weighted by Gasteiger charge is 2.11. The van der Waals surface area contributed by atoms with Gasteiger partial charge in [0.25, 0.3) is 0 Å². The van der Waals surface area contributed by atoms with Crippen LogP contribution in [0.1, 0.15) is 38.2 Å². The molecule has 3 atom stereocenters. The van der Waals surface area contributed by atoms with E-state index in [1.165, 1.54) is 6.92 Å². The number of nitrogens with two attached hydrogens (primary N) is 3. The molecule has 1 unspecified atom stereocenters. The van der Waals surface area contributed by atoms with Crippen molar-refractivity contribution in [2.45, 2.75) is 57.2 Å². The van der Waals surface area contributed by atoms with Crippen molar-refractivity contribution < 1.29 is 49.8 Å². The summed E-state index contributed by atoms with van der Waals surface area (Å²) in [5, 5.41) is 48.6. The van der Waals surface area contributed by atoms with E-state index < -0.39 is 42.1 Å². The van der Waals surface area contributed by atoms with Gasteiger partial charge < -0.3 is 47.8 Å². The quantitative estimate of drug-likeness (QED) is 0.181. The number of hydrogen-bond acceptors (Lipinski definition) is 9. The maximum atomic E-state index is 10.4. The second kappa shape index (κ2) is 23.1. The number of hydrogen-bond donors (Lipinski definition) is 9. The van der Waals surface area contributed by atoms with E-state index in [0.717, 1.165) is 5.56 Å². The van der Waals surface area contributed by atoms with Crippen molar-refractivity contribution in [3.8, 4) is 0 Å². The summed E-state index contributed by atoms with van der Waals surface area (Å²) >= 11 is 0. The molecule has 0 fully saturated rings. The number of aliphatic carboxylic acids is 4. The van der Waals surface area contributed by atoms with Crippen LogP contribution in [0.15, 0.2) is 30.3 Å². The Labute approximate surface area is 197 Å². The average molecular weight is 492 g/mol. The first-order chi connectivity index (χ1) is 15.8. The average Bonchev–Trinajstić information content (AvgIpc) is 2.77. The minimum absolute atomic E-state index is 0.139. The third-order valence-electron chi connectivity index (χ3n) is 3.47. The largest absolute Gasteiger partial charge is 0.481 e. The van der Waals surface area contributed by atoms with Crippen molar-refractivity contribution in [3.05, 3.63) is 35.9 Å². The van der Waals surface area contributed by atoms with Crippen LogP contribution in [-0.2, 0) is 25.6 Å². The highest BCUT2D eigenvalue weighted by molar-refractivity contribution is 5.75.